The maximum atomic E-state index is 11.8. The zero-order chi connectivity index (χ0) is 14.9. The van der Waals surface area contributed by atoms with Crippen molar-refractivity contribution in [3.05, 3.63) is 42.0 Å². The van der Waals surface area contributed by atoms with E-state index in [-0.39, 0.29) is 6.04 Å². The first-order chi connectivity index (χ1) is 10.1. The molecule has 0 aromatic carbocycles. The summed E-state index contributed by atoms with van der Waals surface area (Å²) in [6, 6.07) is 5.90. The lowest BCUT2D eigenvalue weighted by atomic mass is 10.1. The van der Waals surface area contributed by atoms with Crippen molar-refractivity contribution in [2.75, 3.05) is 12.8 Å². The number of aromatic amines is 1. The lowest BCUT2D eigenvalue weighted by Crippen LogP contribution is -2.24. The molecule has 0 bridgehead atoms. The number of pyridine rings is 1. The molecular weight excluding hydrogens is 288 g/mol. The molecule has 7 heteroatoms. The topological polar surface area (TPSA) is 79.0 Å². The van der Waals surface area contributed by atoms with Gasteiger partial charge in [0.1, 0.15) is 4.90 Å². The van der Waals surface area contributed by atoms with Crippen molar-refractivity contribution < 1.29 is 8.42 Å². The number of nitrogens with zero attached hydrogens (tertiary/aromatic N) is 3. The fourth-order valence-electron chi connectivity index (χ4n) is 2.86. The number of sulfone groups is 1. The summed E-state index contributed by atoms with van der Waals surface area (Å²) in [5.41, 5.74) is 1.69. The van der Waals surface area contributed by atoms with Gasteiger partial charge in [0, 0.05) is 19.0 Å². The summed E-state index contributed by atoms with van der Waals surface area (Å²) in [6.45, 7) is 1.65. The van der Waals surface area contributed by atoms with Gasteiger partial charge in [-0.2, -0.15) is 5.10 Å². The molecule has 0 aliphatic carbocycles. The molecule has 3 rings (SSSR count). The first kappa shape index (κ1) is 14.2. The molecule has 1 N–H and O–H groups in total. The third-order valence-electron chi connectivity index (χ3n) is 3.82. The molecule has 21 heavy (non-hydrogen) atoms. The minimum absolute atomic E-state index is 0.0548. The maximum Gasteiger partial charge on any atom is 0.178 e. The van der Waals surface area contributed by atoms with Gasteiger partial charge in [-0.15, -0.1) is 0 Å². The smallest absolute Gasteiger partial charge is 0.178 e. The summed E-state index contributed by atoms with van der Waals surface area (Å²) in [5.74, 6) is 0. The molecule has 0 amide bonds. The first-order valence-electron chi connectivity index (χ1n) is 6.93. The second kappa shape index (κ2) is 5.57. The van der Waals surface area contributed by atoms with E-state index in [0.717, 1.165) is 25.1 Å². The number of hydrogen-bond acceptors (Lipinski definition) is 5. The monoisotopic (exact) mass is 306 g/mol. The lowest BCUT2D eigenvalue weighted by molar-refractivity contribution is 0.239. The third kappa shape index (κ3) is 2.98. The number of hydrogen-bond donors (Lipinski definition) is 1. The molecular formula is C14H18N4O2S. The molecule has 6 nitrogen and oxygen atoms in total. The normalized spacial score (nSPS) is 20.0. The average molecular weight is 306 g/mol. The predicted molar refractivity (Wildman–Crippen MR) is 78.3 cm³/mol. The summed E-state index contributed by atoms with van der Waals surface area (Å²) >= 11 is 0. The lowest BCUT2D eigenvalue weighted by Gasteiger charge is -2.23. The summed E-state index contributed by atoms with van der Waals surface area (Å²) in [7, 11) is -3.26. The SMILES string of the molecule is CS(=O)(=O)c1cn[nH]c1[C@H]1CCCN1Cc1ccccn1. The van der Waals surface area contributed by atoms with Crippen LogP contribution in [0.15, 0.2) is 35.5 Å². The van der Waals surface area contributed by atoms with Crippen molar-refractivity contribution >= 4 is 9.84 Å². The van der Waals surface area contributed by atoms with Crippen LogP contribution in [0.3, 0.4) is 0 Å². The van der Waals surface area contributed by atoms with Crippen LogP contribution in [0.1, 0.15) is 30.3 Å². The van der Waals surface area contributed by atoms with Gasteiger partial charge in [-0.25, -0.2) is 8.42 Å². The highest BCUT2D eigenvalue weighted by atomic mass is 32.2. The van der Waals surface area contributed by atoms with Crippen LogP contribution in [0, 0.1) is 0 Å². The van der Waals surface area contributed by atoms with E-state index in [2.05, 4.69) is 20.1 Å². The van der Waals surface area contributed by atoms with Gasteiger partial charge in [-0.1, -0.05) is 6.07 Å². The van der Waals surface area contributed by atoms with Crippen molar-refractivity contribution in [1.82, 2.24) is 20.1 Å². The molecule has 0 unspecified atom stereocenters. The van der Waals surface area contributed by atoms with Gasteiger partial charge in [0.15, 0.2) is 9.84 Å². The van der Waals surface area contributed by atoms with E-state index in [4.69, 9.17) is 0 Å². The Morgan fingerprint density at radius 3 is 3.00 bits per heavy atom. The Bertz CT molecular complexity index is 712. The van der Waals surface area contributed by atoms with Gasteiger partial charge in [0.25, 0.3) is 0 Å². The van der Waals surface area contributed by atoms with Gasteiger partial charge in [-0.05, 0) is 31.5 Å². The predicted octanol–water partition coefficient (Wildman–Crippen LogP) is 1.55. The van der Waals surface area contributed by atoms with Crippen molar-refractivity contribution in [2.45, 2.75) is 30.3 Å². The molecule has 1 atom stereocenters. The van der Waals surface area contributed by atoms with Crippen molar-refractivity contribution in [3.63, 3.8) is 0 Å². The standard InChI is InChI=1S/C14H18N4O2S/c1-21(19,20)13-9-16-17-14(13)12-6-4-8-18(12)10-11-5-2-3-7-15-11/h2-3,5,7,9,12H,4,6,8,10H2,1H3,(H,16,17)/t12-/m1/s1. The number of likely N-dealkylation sites (tertiary alicyclic amines) is 1. The molecule has 112 valence electrons. The molecule has 1 saturated heterocycles. The van der Waals surface area contributed by atoms with Crippen molar-refractivity contribution in [1.29, 1.82) is 0 Å². The van der Waals surface area contributed by atoms with Crippen LogP contribution in [0.4, 0.5) is 0 Å². The largest absolute Gasteiger partial charge is 0.289 e. The second-order valence-corrected chi connectivity index (χ2v) is 7.35. The Labute approximate surface area is 124 Å². The molecule has 1 fully saturated rings. The quantitative estimate of drug-likeness (QED) is 0.927. The fraction of sp³-hybridized carbons (Fsp3) is 0.429. The fourth-order valence-corrected chi connectivity index (χ4v) is 3.69. The molecule has 0 spiro atoms. The molecule has 2 aromatic rings. The average Bonchev–Trinajstić information content (AvgIpc) is 3.07. The Kier molecular flexibility index (Phi) is 3.77. The number of rotatable bonds is 4. The van der Waals surface area contributed by atoms with Crippen LogP contribution in [0.2, 0.25) is 0 Å². The summed E-state index contributed by atoms with van der Waals surface area (Å²) < 4.78 is 23.7. The summed E-state index contributed by atoms with van der Waals surface area (Å²) in [6.07, 6.45) is 6.37. The van der Waals surface area contributed by atoms with Crippen LogP contribution >= 0.6 is 0 Å². The first-order valence-corrected chi connectivity index (χ1v) is 8.82. The van der Waals surface area contributed by atoms with Gasteiger partial charge < -0.3 is 0 Å². The summed E-state index contributed by atoms with van der Waals surface area (Å²) in [4.78, 5) is 6.90. The Morgan fingerprint density at radius 1 is 1.43 bits per heavy atom. The molecule has 1 aliphatic heterocycles. The van der Waals surface area contributed by atoms with E-state index in [9.17, 15) is 8.42 Å². The van der Waals surface area contributed by atoms with Gasteiger partial charge >= 0.3 is 0 Å². The number of H-pyrrole nitrogens is 1. The van der Waals surface area contributed by atoms with Crippen molar-refractivity contribution in [3.8, 4) is 0 Å². The van der Waals surface area contributed by atoms with E-state index in [1.54, 1.807) is 6.20 Å². The Hall–Kier alpha value is -1.73. The van der Waals surface area contributed by atoms with Gasteiger partial charge in [-0.3, -0.25) is 15.0 Å². The number of aromatic nitrogens is 3. The van der Waals surface area contributed by atoms with Gasteiger partial charge in [0.05, 0.1) is 23.6 Å². The van der Waals surface area contributed by atoms with E-state index >= 15 is 0 Å². The zero-order valence-electron chi connectivity index (χ0n) is 11.9. The minimum atomic E-state index is -3.26. The molecule has 3 heterocycles. The van der Waals surface area contributed by atoms with E-state index in [0.29, 0.717) is 17.1 Å². The van der Waals surface area contributed by atoms with E-state index < -0.39 is 9.84 Å². The highest BCUT2D eigenvalue weighted by Crippen LogP contribution is 2.34. The van der Waals surface area contributed by atoms with E-state index in [1.807, 2.05) is 18.2 Å². The third-order valence-corrected chi connectivity index (χ3v) is 4.94. The molecule has 0 saturated carbocycles. The molecule has 1 aliphatic rings. The molecule has 0 radical (unpaired) electrons. The van der Waals surface area contributed by atoms with Gasteiger partial charge in [0.2, 0.25) is 0 Å². The second-order valence-electron chi connectivity index (χ2n) is 5.37. The Morgan fingerprint density at radius 2 is 2.29 bits per heavy atom. The molecule has 2 aromatic heterocycles. The zero-order valence-corrected chi connectivity index (χ0v) is 12.7. The minimum Gasteiger partial charge on any atom is -0.289 e. The van der Waals surface area contributed by atoms with Crippen LogP contribution in [0.5, 0.6) is 0 Å². The van der Waals surface area contributed by atoms with Crippen LogP contribution in [0.25, 0.3) is 0 Å². The number of nitrogens with one attached hydrogen (secondary N) is 1. The maximum absolute atomic E-state index is 11.8. The Balaban J connectivity index is 1.87. The summed E-state index contributed by atoms with van der Waals surface area (Å²) in [5, 5.41) is 6.81. The van der Waals surface area contributed by atoms with Crippen LogP contribution in [-0.4, -0.2) is 41.3 Å². The highest BCUT2D eigenvalue weighted by molar-refractivity contribution is 7.90. The van der Waals surface area contributed by atoms with Crippen molar-refractivity contribution in [2.24, 2.45) is 0 Å². The van der Waals surface area contributed by atoms with Crippen LogP contribution in [-0.2, 0) is 16.4 Å². The van der Waals surface area contributed by atoms with E-state index in [1.165, 1.54) is 12.5 Å². The van der Waals surface area contributed by atoms with Crippen LogP contribution < -0.4 is 0 Å². The highest BCUT2D eigenvalue weighted by Gasteiger charge is 2.31.